The van der Waals surface area contributed by atoms with Crippen molar-refractivity contribution >= 4 is 29.2 Å². The van der Waals surface area contributed by atoms with Crippen molar-refractivity contribution in [3.8, 4) is 0 Å². The van der Waals surface area contributed by atoms with Crippen molar-refractivity contribution in [3.05, 3.63) is 23.2 Å². The third-order valence-corrected chi connectivity index (χ3v) is 5.62. The maximum absolute atomic E-state index is 12.5. The molecule has 126 valence electrons. The second-order valence-corrected chi connectivity index (χ2v) is 7.06. The first-order valence-electron chi connectivity index (χ1n) is 8.11. The monoisotopic (exact) mass is 348 g/mol. The Morgan fingerprint density at radius 2 is 2.04 bits per heavy atom. The van der Waals surface area contributed by atoms with E-state index in [1.54, 1.807) is 4.90 Å². The van der Waals surface area contributed by atoms with Crippen molar-refractivity contribution in [2.24, 2.45) is 11.3 Å². The fraction of sp³-hybridized carbons (Fsp3) is 0.562. The van der Waals surface area contributed by atoms with E-state index in [1.807, 2.05) is 0 Å². The third-order valence-electron chi connectivity index (χ3n) is 5.30. The molecule has 3 heterocycles. The fourth-order valence-electron chi connectivity index (χ4n) is 3.75. The van der Waals surface area contributed by atoms with Gasteiger partial charge in [0, 0.05) is 18.9 Å². The summed E-state index contributed by atoms with van der Waals surface area (Å²) in [5.74, 6) is -0.459. The average Bonchev–Trinajstić information content (AvgIpc) is 3.37. The molecule has 2 atom stereocenters. The summed E-state index contributed by atoms with van der Waals surface area (Å²) in [7, 11) is 0. The molecule has 8 heteroatoms. The average molecular weight is 349 g/mol. The van der Waals surface area contributed by atoms with Crippen LogP contribution in [0.15, 0.2) is 12.4 Å². The number of amides is 2. The van der Waals surface area contributed by atoms with Crippen molar-refractivity contribution in [3.63, 3.8) is 0 Å². The lowest BCUT2D eigenvalue weighted by Gasteiger charge is -2.33. The number of carbonyl (C=O) groups is 3. The Kier molecular flexibility index (Phi) is 3.56. The molecule has 1 unspecified atom stereocenters. The van der Waals surface area contributed by atoms with Gasteiger partial charge < -0.3 is 10.2 Å². The van der Waals surface area contributed by atoms with Crippen LogP contribution in [-0.4, -0.2) is 45.1 Å². The normalized spacial score (nSPS) is 27.3. The predicted molar refractivity (Wildman–Crippen MR) is 83.8 cm³/mol. The van der Waals surface area contributed by atoms with Crippen molar-refractivity contribution in [1.29, 1.82) is 0 Å². The van der Waals surface area contributed by atoms with Gasteiger partial charge in [0.15, 0.2) is 10.9 Å². The second-order valence-electron chi connectivity index (χ2n) is 6.71. The summed E-state index contributed by atoms with van der Waals surface area (Å²) >= 11 is 5.92. The van der Waals surface area contributed by atoms with Gasteiger partial charge in [0.1, 0.15) is 5.41 Å². The van der Waals surface area contributed by atoms with E-state index < -0.39 is 5.41 Å². The van der Waals surface area contributed by atoms with Gasteiger partial charge in [-0.25, -0.2) is 4.98 Å². The molecule has 1 aromatic heterocycles. The molecule has 1 aliphatic carbocycles. The van der Waals surface area contributed by atoms with Gasteiger partial charge in [-0.2, -0.15) is 0 Å². The Labute approximate surface area is 143 Å². The molecule has 3 aliphatic rings. The molecule has 7 nitrogen and oxygen atoms in total. The zero-order valence-corrected chi connectivity index (χ0v) is 13.8. The van der Waals surface area contributed by atoms with E-state index in [9.17, 15) is 14.4 Å². The number of nitrogens with zero attached hydrogens (tertiary/aromatic N) is 3. The van der Waals surface area contributed by atoms with Crippen LogP contribution in [0.1, 0.15) is 31.4 Å². The second kappa shape index (κ2) is 5.51. The van der Waals surface area contributed by atoms with Gasteiger partial charge in [-0.15, -0.1) is 0 Å². The molecule has 4 rings (SSSR count). The molecule has 1 spiro atoms. The number of hydrogen-bond acceptors (Lipinski definition) is 5. The summed E-state index contributed by atoms with van der Waals surface area (Å²) < 4.78 is 0. The van der Waals surface area contributed by atoms with Crippen molar-refractivity contribution in [1.82, 2.24) is 20.2 Å². The van der Waals surface area contributed by atoms with Crippen LogP contribution in [0.4, 0.5) is 0 Å². The molecule has 0 radical (unpaired) electrons. The summed E-state index contributed by atoms with van der Waals surface area (Å²) in [4.78, 5) is 46.9. The molecule has 0 bridgehead atoms. The maximum Gasteiger partial charge on any atom is 0.236 e. The van der Waals surface area contributed by atoms with Crippen LogP contribution in [0.5, 0.6) is 0 Å². The number of carbonyl (C=O) groups excluding carboxylic acids is 3. The summed E-state index contributed by atoms with van der Waals surface area (Å²) in [6, 6.07) is -0.321. The van der Waals surface area contributed by atoms with Crippen LogP contribution >= 0.6 is 11.6 Å². The first kappa shape index (κ1) is 15.5. The molecule has 0 aromatic carbocycles. The number of piperidine rings is 1. The number of aromatic nitrogens is 2. The van der Waals surface area contributed by atoms with Crippen LogP contribution in [0.3, 0.4) is 0 Å². The summed E-state index contributed by atoms with van der Waals surface area (Å²) in [5, 5.41) is 3.06. The first-order valence-corrected chi connectivity index (χ1v) is 8.49. The molecule has 1 saturated carbocycles. The molecule has 1 aromatic rings. The predicted octanol–water partition coefficient (Wildman–Crippen LogP) is 0.716. The summed E-state index contributed by atoms with van der Waals surface area (Å²) in [6.07, 6.45) is 5.51. The highest BCUT2D eigenvalue weighted by Gasteiger charge is 2.66. The fourth-order valence-corrected chi connectivity index (χ4v) is 3.92. The highest BCUT2D eigenvalue weighted by molar-refractivity contribution is 6.30. The number of nitrogens with one attached hydrogen (secondary N) is 1. The number of Topliss-reactive ketones (excluding diaryl/α,β-unsaturated/α-hetero) is 1. The molecule has 24 heavy (non-hydrogen) atoms. The van der Waals surface area contributed by atoms with E-state index in [4.69, 9.17) is 11.6 Å². The molecule has 3 fully saturated rings. The first-order chi connectivity index (χ1) is 11.5. The lowest BCUT2D eigenvalue weighted by atomic mass is 9.90. The minimum Gasteiger partial charge on any atom is -0.350 e. The van der Waals surface area contributed by atoms with Crippen molar-refractivity contribution in [2.75, 3.05) is 6.54 Å². The SMILES string of the molecule is O=C(NCc1nccnc1Cl)C1CC[C@H]2C(=O)C3(CC3)C(=O)N2C1. The topological polar surface area (TPSA) is 92.3 Å². The Bertz CT molecular complexity index is 734. The number of halogens is 1. The molecule has 2 saturated heterocycles. The van der Waals surface area contributed by atoms with Crippen LogP contribution < -0.4 is 5.32 Å². The lowest BCUT2D eigenvalue weighted by Crippen LogP contribution is -2.48. The van der Waals surface area contributed by atoms with Gasteiger partial charge in [0.2, 0.25) is 11.8 Å². The van der Waals surface area contributed by atoms with Gasteiger partial charge >= 0.3 is 0 Å². The summed E-state index contributed by atoms with van der Waals surface area (Å²) in [6.45, 7) is 0.513. The van der Waals surface area contributed by atoms with Gasteiger partial charge in [-0.3, -0.25) is 19.4 Å². The van der Waals surface area contributed by atoms with Gasteiger partial charge in [-0.1, -0.05) is 11.6 Å². The molecular weight excluding hydrogens is 332 g/mol. The molecular formula is C16H17ClN4O3. The molecule has 2 amide bonds. The largest absolute Gasteiger partial charge is 0.350 e. The number of rotatable bonds is 3. The van der Waals surface area contributed by atoms with E-state index in [2.05, 4.69) is 15.3 Å². The van der Waals surface area contributed by atoms with E-state index in [0.717, 1.165) is 0 Å². The third kappa shape index (κ3) is 2.30. The van der Waals surface area contributed by atoms with Crippen LogP contribution in [0.25, 0.3) is 0 Å². The van der Waals surface area contributed by atoms with Crippen LogP contribution in [0, 0.1) is 11.3 Å². The zero-order valence-electron chi connectivity index (χ0n) is 13.0. The number of fused-ring (bicyclic) bond motifs is 1. The van der Waals surface area contributed by atoms with E-state index in [0.29, 0.717) is 37.9 Å². The number of ketones is 1. The Balaban J connectivity index is 1.40. The minimum absolute atomic E-state index is 0.0673. The standard InChI is InChI=1S/C16H17ClN4O3/c17-13-10(18-5-6-19-13)7-20-14(23)9-1-2-11-12(22)16(3-4-16)15(24)21(11)8-9/h5-6,9,11H,1-4,7-8H2,(H,20,23)/t9?,11-/m0/s1. The molecule has 2 aliphatic heterocycles. The van der Waals surface area contributed by atoms with Crippen LogP contribution in [-0.2, 0) is 20.9 Å². The Hall–Kier alpha value is -2.02. The Morgan fingerprint density at radius 3 is 2.75 bits per heavy atom. The van der Waals surface area contributed by atoms with Gasteiger partial charge in [0.25, 0.3) is 0 Å². The lowest BCUT2D eigenvalue weighted by molar-refractivity contribution is -0.137. The zero-order chi connectivity index (χ0) is 16.9. The molecule has 1 N–H and O–H groups in total. The van der Waals surface area contributed by atoms with Gasteiger partial charge in [0.05, 0.1) is 24.2 Å². The van der Waals surface area contributed by atoms with Crippen molar-refractivity contribution < 1.29 is 14.4 Å². The van der Waals surface area contributed by atoms with E-state index >= 15 is 0 Å². The van der Waals surface area contributed by atoms with Crippen LogP contribution in [0.2, 0.25) is 5.15 Å². The summed E-state index contributed by atoms with van der Waals surface area (Å²) in [5.41, 5.74) is -0.228. The van der Waals surface area contributed by atoms with Crippen molar-refractivity contribution in [2.45, 2.75) is 38.3 Å². The van der Waals surface area contributed by atoms with E-state index in [1.165, 1.54) is 12.4 Å². The van der Waals surface area contributed by atoms with E-state index in [-0.39, 0.29) is 41.3 Å². The smallest absolute Gasteiger partial charge is 0.236 e. The minimum atomic E-state index is -0.733. The quantitative estimate of drug-likeness (QED) is 0.812. The Morgan fingerprint density at radius 1 is 1.29 bits per heavy atom. The van der Waals surface area contributed by atoms with Gasteiger partial charge in [-0.05, 0) is 25.7 Å². The highest BCUT2D eigenvalue weighted by atomic mass is 35.5. The highest BCUT2D eigenvalue weighted by Crippen LogP contribution is 2.54. The number of hydrogen-bond donors (Lipinski definition) is 1. The maximum atomic E-state index is 12.5.